The predicted molar refractivity (Wildman–Crippen MR) is 98.1 cm³/mol. The molecule has 0 aliphatic heterocycles. The molecule has 0 aliphatic rings. The largest absolute Gasteiger partial charge is 0.469 e. The number of benzene rings is 2. The molecule has 0 fully saturated rings. The maximum Gasteiger partial charge on any atom is 0.299 e. The fraction of sp³-hybridized carbons (Fsp3) is 0.176. The number of nitrogens with one attached hydrogen (secondary N) is 1. The van der Waals surface area contributed by atoms with E-state index in [0.29, 0.717) is 5.69 Å². The molecule has 1 unspecified atom stereocenters. The highest BCUT2D eigenvalue weighted by atomic mass is 16.6. The van der Waals surface area contributed by atoms with Crippen LogP contribution in [0.3, 0.4) is 0 Å². The minimum Gasteiger partial charge on any atom is -0.469 e. The second-order valence-electron chi connectivity index (χ2n) is 5.81. The molecule has 1 atom stereocenters. The van der Waals surface area contributed by atoms with E-state index in [1.54, 1.807) is 6.92 Å². The molecule has 1 N–H and O–H groups in total. The third kappa shape index (κ3) is 4.20. The van der Waals surface area contributed by atoms with Crippen LogP contribution in [0.25, 0.3) is 11.3 Å². The van der Waals surface area contributed by atoms with Crippen LogP contribution < -0.4 is 10.1 Å². The maximum absolute atomic E-state index is 11.2. The van der Waals surface area contributed by atoms with Crippen molar-refractivity contribution >= 4 is 17.1 Å². The molecule has 0 bridgehead atoms. The lowest BCUT2D eigenvalue weighted by molar-refractivity contribution is -0.393. The van der Waals surface area contributed by atoms with Crippen LogP contribution in [0.5, 0.6) is 5.88 Å². The van der Waals surface area contributed by atoms with E-state index in [4.69, 9.17) is 9.37 Å². The Morgan fingerprint density at radius 2 is 1.86 bits per heavy atom. The summed E-state index contributed by atoms with van der Waals surface area (Å²) in [5, 5.41) is 32.4. The second-order valence-corrected chi connectivity index (χ2v) is 5.81. The molecule has 11 nitrogen and oxygen atoms in total. The Bertz CT molecular complexity index is 991. The third-order valence-corrected chi connectivity index (χ3v) is 3.79. The first-order chi connectivity index (χ1) is 13.5. The Kier molecular flexibility index (Phi) is 5.44. The van der Waals surface area contributed by atoms with E-state index < -0.39 is 21.6 Å². The Hall–Kier alpha value is -4.02. The van der Waals surface area contributed by atoms with Crippen molar-refractivity contribution < 1.29 is 19.2 Å². The minimum atomic E-state index is -0.689. The number of rotatable bonds is 8. The van der Waals surface area contributed by atoms with Crippen molar-refractivity contribution in [2.24, 2.45) is 0 Å². The molecule has 11 heteroatoms. The van der Waals surface area contributed by atoms with Gasteiger partial charge in [-0.25, -0.2) is 4.63 Å². The molecule has 0 radical (unpaired) electrons. The summed E-state index contributed by atoms with van der Waals surface area (Å²) in [5.74, 6) is 0.193. The lowest BCUT2D eigenvalue weighted by Gasteiger charge is -2.14. The standard InChI is InChI=1S/C17H15N5O6/c1-11(27-17-16(19-28-20-17)12-5-3-2-4-6-12)10-18-14-8-7-13(21(23)24)9-15(14)22(25)26/h2-9,11,18H,10H2,1H3. The maximum atomic E-state index is 11.2. The van der Waals surface area contributed by atoms with Gasteiger partial charge in [0.05, 0.1) is 22.5 Å². The van der Waals surface area contributed by atoms with Crippen LogP contribution in [0.2, 0.25) is 0 Å². The Labute approximate surface area is 158 Å². The highest BCUT2D eigenvalue weighted by Crippen LogP contribution is 2.29. The third-order valence-electron chi connectivity index (χ3n) is 3.79. The predicted octanol–water partition coefficient (Wildman–Crippen LogP) is 3.43. The van der Waals surface area contributed by atoms with E-state index in [2.05, 4.69) is 15.6 Å². The zero-order chi connectivity index (χ0) is 20.1. The van der Waals surface area contributed by atoms with Gasteiger partial charge in [0.2, 0.25) is 0 Å². The van der Waals surface area contributed by atoms with Crippen LogP contribution >= 0.6 is 0 Å². The molecule has 1 aromatic heterocycles. The first kappa shape index (κ1) is 18.8. The topological polar surface area (TPSA) is 146 Å². The number of ether oxygens (including phenoxy) is 1. The Morgan fingerprint density at radius 3 is 2.54 bits per heavy atom. The number of nitro groups is 2. The second kappa shape index (κ2) is 8.12. The van der Waals surface area contributed by atoms with Crippen molar-refractivity contribution in [3.05, 3.63) is 68.8 Å². The van der Waals surface area contributed by atoms with E-state index in [1.807, 2.05) is 30.3 Å². The first-order valence-corrected chi connectivity index (χ1v) is 8.17. The SMILES string of the molecule is CC(CNc1ccc([N+](=O)[O-])cc1[N+](=O)[O-])Oc1nonc1-c1ccccc1. The molecule has 0 aliphatic carbocycles. The number of nitrogens with zero attached hydrogens (tertiary/aromatic N) is 4. The van der Waals surface area contributed by atoms with Crippen LogP contribution in [0.15, 0.2) is 53.2 Å². The van der Waals surface area contributed by atoms with Gasteiger partial charge in [-0.15, -0.1) is 0 Å². The van der Waals surface area contributed by atoms with Gasteiger partial charge in [-0.2, -0.15) is 0 Å². The molecular formula is C17H15N5O6. The Balaban J connectivity index is 1.69. The number of aromatic nitrogens is 2. The van der Waals surface area contributed by atoms with Gasteiger partial charge in [0.25, 0.3) is 17.3 Å². The number of anilines is 1. The van der Waals surface area contributed by atoms with Gasteiger partial charge in [-0.3, -0.25) is 20.2 Å². The smallest absolute Gasteiger partial charge is 0.299 e. The van der Waals surface area contributed by atoms with E-state index >= 15 is 0 Å². The van der Waals surface area contributed by atoms with Crippen molar-refractivity contribution in [3.8, 4) is 17.1 Å². The van der Waals surface area contributed by atoms with Crippen LogP contribution in [0.4, 0.5) is 17.1 Å². The number of nitro benzene ring substituents is 2. The average molecular weight is 385 g/mol. The summed E-state index contributed by atoms with van der Waals surface area (Å²) in [5.41, 5.74) is 0.600. The number of hydrogen-bond acceptors (Lipinski definition) is 9. The van der Waals surface area contributed by atoms with Crippen LogP contribution in [0.1, 0.15) is 6.92 Å². The van der Waals surface area contributed by atoms with Gasteiger partial charge in [-0.05, 0) is 23.3 Å². The lowest BCUT2D eigenvalue weighted by atomic mass is 10.2. The van der Waals surface area contributed by atoms with Gasteiger partial charge in [0, 0.05) is 11.6 Å². The molecule has 0 amide bonds. The molecule has 28 heavy (non-hydrogen) atoms. The fourth-order valence-electron chi connectivity index (χ4n) is 2.45. The van der Waals surface area contributed by atoms with E-state index in [-0.39, 0.29) is 23.8 Å². The molecule has 0 spiro atoms. The molecule has 3 rings (SSSR count). The van der Waals surface area contributed by atoms with Gasteiger partial charge >= 0.3 is 0 Å². The van der Waals surface area contributed by atoms with Gasteiger partial charge in [0.1, 0.15) is 11.8 Å². The van der Waals surface area contributed by atoms with Crippen molar-refractivity contribution in [1.82, 2.24) is 10.3 Å². The van der Waals surface area contributed by atoms with Crippen molar-refractivity contribution in [1.29, 1.82) is 0 Å². The van der Waals surface area contributed by atoms with Gasteiger partial charge < -0.3 is 10.1 Å². The summed E-state index contributed by atoms with van der Waals surface area (Å²) >= 11 is 0. The Morgan fingerprint density at radius 1 is 1.11 bits per heavy atom. The first-order valence-electron chi connectivity index (χ1n) is 8.17. The highest BCUT2D eigenvalue weighted by Gasteiger charge is 2.21. The van der Waals surface area contributed by atoms with Crippen molar-refractivity contribution in [2.75, 3.05) is 11.9 Å². The van der Waals surface area contributed by atoms with Crippen molar-refractivity contribution in [2.45, 2.75) is 13.0 Å². The summed E-state index contributed by atoms with van der Waals surface area (Å²) in [6.07, 6.45) is -0.454. The van der Waals surface area contributed by atoms with Crippen LogP contribution in [-0.4, -0.2) is 32.8 Å². The van der Waals surface area contributed by atoms with Gasteiger partial charge in [0.15, 0.2) is 5.69 Å². The normalized spacial score (nSPS) is 11.6. The molecule has 2 aromatic carbocycles. The lowest BCUT2D eigenvalue weighted by Crippen LogP contribution is -2.23. The number of hydrogen-bond donors (Lipinski definition) is 1. The van der Waals surface area contributed by atoms with Crippen molar-refractivity contribution in [3.63, 3.8) is 0 Å². The van der Waals surface area contributed by atoms with Gasteiger partial charge in [-0.1, -0.05) is 30.3 Å². The monoisotopic (exact) mass is 385 g/mol. The van der Waals surface area contributed by atoms with E-state index in [1.165, 1.54) is 12.1 Å². The molecule has 1 heterocycles. The van der Waals surface area contributed by atoms with E-state index in [0.717, 1.165) is 11.6 Å². The zero-order valence-corrected chi connectivity index (χ0v) is 14.6. The molecular weight excluding hydrogens is 370 g/mol. The van der Waals surface area contributed by atoms with E-state index in [9.17, 15) is 20.2 Å². The van der Waals surface area contributed by atoms with Crippen LogP contribution in [0, 0.1) is 20.2 Å². The molecule has 0 saturated carbocycles. The average Bonchev–Trinajstić information content (AvgIpc) is 3.14. The quantitative estimate of drug-likeness (QED) is 0.455. The summed E-state index contributed by atoms with van der Waals surface area (Å²) in [4.78, 5) is 20.6. The highest BCUT2D eigenvalue weighted by molar-refractivity contribution is 5.65. The summed E-state index contributed by atoms with van der Waals surface area (Å²) in [7, 11) is 0. The minimum absolute atomic E-state index is 0.146. The molecule has 0 saturated heterocycles. The summed E-state index contributed by atoms with van der Waals surface area (Å²) < 4.78 is 10.5. The fourth-order valence-corrected chi connectivity index (χ4v) is 2.45. The van der Waals surface area contributed by atoms with Crippen LogP contribution in [-0.2, 0) is 0 Å². The zero-order valence-electron chi connectivity index (χ0n) is 14.6. The number of non-ortho nitro benzene ring substituents is 1. The molecule has 3 aromatic rings. The molecule has 144 valence electrons. The summed E-state index contributed by atoms with van der Waals surface area (Å²) in [6.45, 7) is 1.91. The summed E-state index contributed by atoms with van der Waals surface area (Å²) in [6, 6.07) is 12.6.